The highest BCUT2D eigenvalue weighted by Gasteiger charge is 2.12. The first kappa shape index (κ1) is 14.3. The molecule has 0 radical (unpaired) electrons. The third kappa shape index (κ3) is 3.27. The van der Waals surface area contributed by atoms with Gasteiger partial charge in [-0.1, -0.05) is 30.3 Å². The van der Waals surface area contributed by atoms with E-state index in [2.05, 4.69) is 18.7 Å². The maximum Gasteiger partial charge on any atom is 0.182 e. The van der Waals surface area contributed by atoms with Gasteiger partial charge in [-0.15, -0.1) is 0 Å². The van der Waals surface area contributed by atoms with Gasteiger partial charge in [0.05, 0.1) is 6.54 Å². The summed E-state index contributed by atoms with van der Waals surface area (Å²) in [6.07, 6.45) is 0. The SMILES string of the molecule is CCN(CC(=O)c1ccc(C)c(C)c1)c1ccccc1. The number of carbonyl (C=O) groups is 1. The van der Waals surface area contributed by atoms with Crippen molar-refractivity contribution in [1.82, 2.24) is 0 Å². The minimum Gasteiger partial charge on any atom is -0.364 e. The molecule has 0 bridgehead atoms. The predicted octanol–water partition coefficient (Wildman–Crippen LogP) is 4.01. The number of para-hydroxylation sites is 1. The number of carbonyl (C=O) groups excluding carboxylic acids is 1. The Kier molecular flexibility index (Phi) is 4.57. The lowest BCUT2D eigenvalue weighted by molar-refractivity contribution is 0.0999. The summed E-state index contributed by atoms with van der Waals surface area (Å²) in [6, 6.07) is 16.0. The molecular formula is C18H21NO. The largest absolute Gasteiger partial charge is 0.364 e. The van der Waals surface area contributed by atoms with Crippen molar-refractivity contribution in [1.29, 1.82) is 0 Å². The Bertz CT molecular complexity index is 590. The number of aryl methyl sites for hydroxylation is 2. The Morgan fingerprint density at radius 2 is 1.70 bits per heavy atom. The van der Waals surface area contributed by atoms with Crippen molar-refractivity contribution in [2.45, 2.75) is 20.8 Å². The number of nitrogens with zero attached hydrogens (tertiary/aromatic N) is 1. The van der Waals surface area contributed by atoms with Crippen molar-refractivity contribution >= 4 is 11.5 Å². The molecule has 2 aromatic rings. The van der Waals surface area contributed by atoms with Crippen molar-refractivity contribution < 1.29 is 4.79 Å². The van der Waals surface area contributed by atoms with Crippen LogP contribution in [0.5, 0.6) is 0 Å². The fraction of sp³-hybridized carbons (Fsp3) is 0.278. The highest BCUT2D eigenvalue weighted by atomic mass is 16.1. The molecule has 0 unspecified atom stereocenters. The molecular weight excluding hydrogens is 246 g/mol. The van der Waals surface area contributed by atoms with Crippen LogP contribution < -0.4 is 4.90 Å². The van der Waals surface area contributed by atoms with Crippen molar-refractivity contribution in [3.63, 3.8) is 0 Å². The lowest BCUT2D eigenvalue weighted by Crippen LogP contribution is -2.29. The van der Waals surface area contributed by atoms with Crippen LogP contribution >= 0.6 is 0 Å². The normalized spacial score (nSPS) is 10.3. The van der Waals surface area contributed by atoms with Crippen LogP contribution in [0.4, 0.5) is 5.69 Å². The molecule has 0 amide bonds. The van der Waals surface area contributed by atoms with Gasteiger partial charge in [-0.2, -0.15) is 0 Å². The molecule has 0 aliphatic carbocycles. The number of rotatable bonds is 5. The Hall–Kier alpha value is -2.09. The fourth-order valence-electron chi connectivity index (χ4n) is 2.20. The van der Waals surface area contributed by atoms with E-state index in [9.17, 15) is 4.79 Å². The number of benzene rings is 2. The molecule has 104 valence electrons. The molecule has 0 atom stereocenters. The fourth-order valence-corrected chi connectivity index (χ4v) is 2.20. The summed E-state index contributed by atoms with van der Waals surface area (Å²) in [7, 11) is 0. The van der Waals surface area contributed by atoms with E-state index in [1.165, 1.54) is 11.1 Å². The van der Waals surface area contributed by atoms with Gasteiger partial charge in [-0.05, 0) is 50.1 Å². The van der Waals surface area contributed by atoms with Crippen molar-refractivity contribution in [3.05, 3.63) is 65.2 Å². The third-order valence-corrected chi connectivity index (χ3v) is 3.67. The molecule has 0 saturated heterocycles. The topological polar surface area (TPSA) is 20.3 Å². The zero-order valence-corrected chi connectivity index (χ0v) is 12.4. The number of hydrogen-bond donors (Lipinski definition) is 0. The molecule has 0 aliphatic rings. The van der Waals surface area contributed by atoms with Crippen molar-refractivity contribution in [2.75, 3.05) is 18.0 Å². The van der Waals surface area contributed by atoms with Crippen molar-refractivity contribution in [2.24, 2.45) is 0 Å². The maximum absolute atomic E-state index is 12.4. The maximum atomic E-state index is 12.4. The van der Waals surface area contributed by atoms with E-state index >= 15 is 0 Å². The van der Waals surface area contributed by atoms with E-state index in [1.807, 2.05) is 55.5 Å². The molecule has 0 fully saturated rings. The van der Waals surface area contributed by atoms with Crippen LogP contribution in [0.3, 0.4) is 0 Å². The smallest absolute Gasteiger partial charge is 0.182 e. The highest BCUT2D eigenvalue weighted by molar-refractivity contribution is 5.99. The summed E-state index contributed by atoms with van der Waals surface area (Å²) in [6.45, 7) is 7.41. The van der Waals surface area contributed by atoms with E-state index in [-0.39, 0.29) is 5.78 Å². The first-order valence-corrected chi connectivity index (χ1v) is 7.02. The standard InChI is InChI=1S/C18H21NO/c1-4-19(17-8-6-5-7-9-17)13-18(20)16-11-10-14(2)15(3)12-16/h5-12H,4,13H2,1-3H3. The number of hydrogen-bond acceptors (Lipinski definition) is 2. The van der Waals surface area contributed by atoms with Crippen LogP contribution in [-0.2, 0) is 0 Å². The zero-order chi connectivity index (χ0) is 14.5. The van der Waals surface area contributed by atoms with Gasteiger partial charge < -0.3 is 4.90 Å². The van der Waals surface area contributed by atoms with Gasteiger partial charge in [0.15, 0.2) is 5.78 Å². The first-order valence-electron chi connectivity index (χ1n) is 7.02. The Morgan fingerprint density at radius 1 is 1.00 bits per heavy atom. The predicted molar refractivity (Wildman–Crippen MR) is 84.6 cm³/mol. The Labute approximate surface area is 121 Å². The number of likely N-dealkylation sites (N-methyl/N-ethyl adjacent to an activating group) is 1. The number of ketones is 1. The number of anilines is 1. The van der Waals surface area contributed by atoms with Crippen LogP contribution in [0.25, 0.3) is 0 Å². The van der Waals surface area contributed by atoms with E-state index in [0.29, 0.717) is 6.54 Å². The lowest BCUT2D eigenvalue weighted by Gasteiger charge is -2.22. The minimum absolute atomic E-state index is 0.166. The second-order valence-electron chi connectivity index (χ2n) is 5.07. The van der Waals surface area contributed by atoms with Crippen LogP contribution in [0.15, 0.2) is 48.5 Å². The lowest BCUT2D eigenvalue weighted by atomic mass is 10.0. The van der Waals surface area contributed by atoms with E-state index in [0.717, 1.165) is 17.8 Å². The van der Waals surface area contributed by atoms with Crippen molar-refractivity contribution in [3.8, 4) is 0 Å². The molecule has 2 rings (SSSR count). The highest BCUT2D eigenvalue weighted by Crippen LogP contribution is 2.15. The summed E-state index contributed by atoms with van der Waals surface area (Å²) in [5.41, 5.74) is 4.27. The Morgan fingerprint density at radius 3 is 2.30 bits per heavy atom. The van der Waals surface area contributed by atoms with Crippen LogP contribution in [0.1, 0.15) is 28.4 Å². The summed E-state index contributed by atoms with van der Waals surface area (Å²) >= 11 is 0. The van der Waals surface area contributed by atoms with Crippen LogP contribution in [0.2, 0.25) is 0 Å². The minimum atomic E-state index is 0.166. The van der Waals surface area contributed by atoms with Crippen LogP contribution in [0, 0.1) is 13.8 Å². The summed E-state index contributed by atoms with van der Waals surface area (Å²) in [5.74, 6) is 0.166. The van der Waals surface area contributed by atoms with E-state index < -0.39 is 0 Å². The molecule has 0 aliphatic heterocycles. The van der Waals surface area contributed by atoms with Gasteiger partial charge in [0.2, 0.25) is 0 Å². The molecule has 2 aromatic carbocycles. The molecule has 20 heavy (non-hydrogen) atoms. The molecule has 0 heterocycles. The first-order chi connectivity index (χ1) is 9.61. The van der Waals surface area contributed by atoms with Crippen LogP contribution in [-0.4, -0.2) is 18.9 Å². The zero-order valence-electron chi connectivity index (χ0n) is 12.4. The summed E-state index contributed by atoms with van der Waals surface area (Å²) in [5, 5.41) is 0. The molecule has 2 nitrogen and oxygen atoms in total. The average Bonchev–Trinajstić information content (AvgIpc) is 2.48. The number of Topliss-reactive ketones (excluding diaryl/α,β-unsaturated/α-hetero) is 1. The van der Waals surface area contributed by atoms with E-state index in [4.69, 9.17) is 0 Å². The third-order valence-electron chi connectivity index (χ3n) is 3.67. The summed E-state index contributed by atoms with van der Waals surface area (Å²) in [4.78, 5) is 14.5. The second-order valence-corrected chi connectivity index (χ2v) is 5.07. The van der Waals surface area contributed by atoms with Gasteiger partial charge >= 0.3 is 0 Å². The monoisotopic (exact) mass is 267 g/mol. The van der Waals surface area contributed by atoms with Gasteiger partial charge in [-0.25, -0.2) is 0 Å². The molecule has 0 spiro atoms. The summed E-state index contributed by atoms with van der Waals surface area (Å²) < 4.78 is 0. The Balaban J connectivity index is 2.15. The van der Waals surface area contributed by atoms with Gasteiger partial charge in [-0.3, -0.25) is 4.79 Å². The molecule has 0 aromatic heterocycles. The van der Waals surface area contributed by atoms with Gasteiger partial charge in [0, 0.05) is 17.8 Å². The van der Waals surface area contributed by atoms with Gasteiger partial charge in [0.25, 0.3) is 0 Å². The quantitative estimate of drug-likeness (QED) is 0.763. The molecule has 0 saturated carbocycles. The second kappa shape index (κ2) is 6.38. The molecule has 2 heteroatoms. The average molecular weight is 267 g/mol. The van der Waals surface area contributed by atoms with Gasteiger partial charge in [0.1, 0.15) is 0 Å². The van der Waals surface area contributed by atoms with E-state index in [1.54, 1.807) is 0 Å². The molecule has 0 N–H and O–H groups in total.